The molecule has 0 atom stereocenters. The topological polar surface area (TPSA) is 128 Å². The van der Waals surface area contributed by atoms with Crippen LogP contribution in [0.4, 0.5) is 0 Å². The number of amides is 1. The molecule has 0 radical (unpaired) electrons. The number of carbonyl (C=O) groups excluding carboxylic acids is 2. The molecule has 10 nitrogen and oxygen atoms in total. The van der Waals surface area contributed by atoms with Crippen LogP contribution in [0.25, 0.3) is 0 Å². The lowest BCUT2D eigenvalue weighted by Gasteiger charge is -2.08. The van der Waals surface area contributed by atoms with Gasteiger partial charge in [0.1, 0.15) is 6.29 Å². The maximum atomic E-state index is 11.3. The zero-order chi connectivity index (χ0) is 21.3. The Labute approximate surface area is 173 Å². The summed E-state index contributed by atoms with van der Waals surface area (Å²) in [5.74, 6) is 0.000892. The molecule has 0 bridgehead atoms. The molecular formula is C19H38N2O8. The zero-order valence-electron chi connectivity index (χ0n) is 17.4. The summed E-state index contributed by atoms with van der Waals surface area (Å²) in [6.45, 7) is 6.82. The average molecular weight is 423 g/mol. The van der Waals surface area contributed by atoms with Gasteiger partial charge in [-0.15, -0.1) is 0 Å². The Kier molecular flexibility index (Phi) is 23.9. The van der Waals surface area contributed by atoms with E-state index in [-0.39, 0.29) is 5.91 Å². The van der Waals surface area contributed by atoms with Crippen molar-refractivity contribution in [1.82, 2.24) is 5.32 Å². The molecule has 0 heterocycles. The molecule has 0 aromatic carbocycles. The molecule has 1 amide bonds. The fraction of sp³-hybridized carbons (Fsp3) is 0.895. The minimum atomic E-state index is 0.000892. The number of carbonyl (C=O) groups is 2. The third-order valence-corrected chi connectivity index (χ3v) is 3.42. The van der Waals surface area contributed by atoms with E-state index in [4.69, 9.17) is 34.2 Å². The van der Waals surface area contributed by atoms with Crippen LogP contribution in [0.5, 0.6) is 0 Å². The van der Waals surface area contributed by atoms with Crippen molar-refractivity contribution in [2.75, 3.05) is 92.4 Å². The van der Waals surface area contributed by atoms with Crippen LogP contribution >= 0.6 is 0 Å². The highest BCUT2D eigenvalue weighted by Gasteiger charge is 1.99. The van der Waals surface area contributed by atoms with E-state index in [0.29, 0.717) is 112 Å². The lowest BCUT2D eigenvalue weighted by Crippen LogP contribution is -2.27. The lowest BCUT2D eigenvalue weighted by molar-refractivity contribution is -0.121. The third-order valence-electron chi connectivity index (χ3n) is 3.42. The first-order chi connectivity index (χ1) is 14.3. The standard InChI is InChI=1S/C19H38N2O8/c20-4-1-3-19(23)21-5-8-25-10-12-27-14-16-29-18-17-28-15-13-26-11-9-24-7-2-6-22/h6H,1-5,7-18,20H2,(H,21,23). The lowest BCUT2D eigenvalue weighted by atomic mass is 10.3. The highest BCUT2D eigenvalue weighted by atomic mass is 16.6. The van der Waals surface area contributed by atoms with Crippen molar-refractivity contribution in [2.45, 2.75) is 19.3 Å². The molecule has 0 aromatic heterocycles. The van der Waals surface area contributed by atoms with Gasteiger partial charge in [-0.3, -0.25) is 4.79 Å². The maximum Gasteiger partial charge on any atom is 0.220 e. The van der Waals surface area contributed by atoms with Crippen LogP contribution in [-0.2, 0) is 38.0 Å². The van der Waals surface area contributed by atoms with Gasteiger partial charge in [0, 0.05) is 19.4 Å². The smallest absolute Gasteiger partial charge is 0.220 e. The van der Waals surface area contributed by atoms with Gasteiger partial charge < -0.3 is 44.3 Å². The highest BCUT2D eigenvalue weighted by molar-refractivity contribution is 5.75. The second-order valence-corrected chi connectivity index (χ2v) is 5.87. The molecule has 29 heavy (non-hydrogen) atoms. The number of nitrogens with two attached hydrogens (primary N) is 1. The minimum Gasteiger partial charge on any atom is -0.379 e. The van der Waals surface area contributed by atoms with Gasteiger partial charge in [0.25, 0.3) is 0 Å². The largest absolute Gasteiger partial charge is 0.379 e. The number of aldehydes is 1. The van der Waals surface area contributed by atoms with E-state index in [0.717, 1.165) is 6.29 Å². The first kappa shape index (κ1) is 27.9. The van der Waals surface area contributed by atoms with E-state index in [1.807, 2.05) is 0 Å². The summed E-state index contributed by atoms with van der Waals surface area (Å²) in [5.41, 5.74) is 5.34. The van der Waals surface area contributed by atoms with E-state index in [1.165, 1.54) is 0 Å². The quantitative estimate of drug-likeness (QED) is 0.157. The van der Waals surface area contributed by atoms with Crippen LogP contribution in [0.3, 0.4) is 0 Å². The molecule has 0 saturated carbocycles. The average Bonchev–Trinajstić information content (AvgIpc) is 2.73. The normalized spacial score (nSPS) is 10.9. The summed E-state index contributed by atoms with van der Waals surface area (Å²) >= 11 is 0. The van der Waals surface area contributed by atoms with Crippen molar-refractivity contribution < 1.29 is 38.0 Å². The molecule has 0 aromatic rings. The predicted octanol–water partition coefficient (Wildman–Crippen LogP) is -0.470. The SMILES string of the molecule is NCCCC(=O)NCCOCCOCCOCCOCCOCCOCCC=O. The minimum absolute atomic E-state index is 0.000892. The Morgan fingerprint density at radius 3 is 1.52 bits per heavy atom. The molecule has 3 N–H and O–H groups in total. The number of rotatable bonds is 24. The monoisotopic (exact) mass is 422 g/mol. The summed E-state index contributed by atoms with van der Waals surface area (Å²) in [6, 6.07) is 0. The Bertz CT molecular complexity index is 361. The molecule has 10 heteroatoms. The van der Waals surface area contributed by atoms with Crippen molar-refractivity contribution in [3.8, 4) is 0 Å². The summed E-state index contributed by atoms with van der Waals surface area (Å²) in [4.78, 5) is 21.4. The van der Waals surface area contributed by atoms with Crippen LogP contribution in [0, 0.1) is 0 Å². The van der Waals surface area contributed by atoms with Gasteiger partial charge in [-0.2, -0.15) is 0 Å². The molecule has 0 aliphatic heterocycles. The van der Waals surface area contributed by atoms with Gasteiger partial charge in [0.15, 0.2) is 0 Å². The second kappa shape index (κ2) is 24.9. The summed E-state index contributed by atoms with van der Waals surface area (Å²) < 4.78 is 32.0. The van der Waals surface area contributed by atoms with Crippen LogP contribution in [0.2, 0.25) is 0 Å². The van der Waals surface area contributed by atoms with Crippen molar-refractivity contribution in [2.24, 2.45) is 5.73 Å². The first-order valence-electron chi connectivity index (χ1n) is 10.2. The third kappa shape index (κ3) is 24.8. The van der Waals surface area contributed by atoms with Gasteiger partial charge in [-0.25, -0.2) is 0 Å². The molecule has 0 unspecified atom stereocenters. The van der Waals surface area contributed by atoms with Crippen molar-refractivity contribution in [1.29, 1.82) is 0 Å². The van der Waals surface area contributed by atoms with E-state index in [1.54, 1.807) is 0 Å². The number of nitrogens with one attached hydrogen (secondary N) is 1. The number of hydrogen-bond donors (Lipinski definition) is 2. The Hall–Kier alpha value is -1.14. The van der Waals surface area contributed by atoms with E-state index in [2.05, 4.69) is 5.32 Å². The molecule has 0 fully saturated rings. The maximum absolute atomic E-state index is 11.3. The number of hydrogen-bond acceptors (Lipinski definition) is 9. The van der Waals surface area contributed by atoms with Gasteiger partial charge in [-0.1, -0.05) is 0 Å². The van der Waals surface area contributed by atoms with Crippen molar-refractivity contribution >= 4 is 12.2 Å². The van der Waals surface area contributed by atoms with Gasteiger partial charge in [0.2, 0.25) is 5.91 Å². The predicted molar refractivity (Wildman–Crippen MR) is 107 cm³/mol. The molecule has 0 saturated heterocycles. The highest BCUT2D eigenvalue weighted by Crippen LogP contribution is 1.86. The summed E-state index contributed by atoms with van der Waals surface area (Å²) in [5, 5.41) is 2.76. The molecular weight excluding hydrogens is 384 g/mol. The van der Waals surface area contributed by atoms with Crippen LogP contribution in [-0.4, -0.2) is 105 Å². The fourth-order valence-electron chi connectivity index (χ4n) is 1.95. The Morgan fingerprint density at radius 1 is 0.690 bits per heavy atom. The van der Waals surface area contributed by atoms with Crippen molar-refractivity contribution in [3.05, 3.63) is 0 Å². The van der Waals surface area contributed by atoms with Crippen LogP contribution < -0.4 is 11.1 Å². The molecule has 0 rings (SSSR count). The summed E-state index contributed by atoms with van der Waals surface area (Å²) in [6.07, 6.45) is 2.40. The van der Waals surface area contributed by atoms with E-state index < -0.39 is 0 Å². The molecule has 172 valence electrons. The van der Waals surface area contributed by atoms with Gasteiger partial charge in [0.05, 0.1) is 79.3 Å². The molecule has 0 spiro atoms. The zero-order valence-corrected chi connectivity index (χ0v) is 17.4. The van der Waals surface area contributed by atoms with Crippen molar-refractivity contribution in [3.63, 3.8) is 0 Å². The Morgan fingerprint density at radius 2 is 1.10 bits per heavy atom. The molecule has 0 aliphatic carbocycles. The van der Waals surface area contributed by atoms with Crippen LogP contribution in [0.15, 0.2) is 0 Å². The molecule has 0 aliphatic rings. The van der Waals surface area contributed by atoms with Gasteiger partial charge >= 0.3 is 0 Å². The first-order valence-corrected chi connectivity index (χ1v) is 10.2. The van der Waals surface area contributed by atoms with E-state index in [9.17, 15) is 9.59 Å². The Balaban J connectivity index is 3.05. The fourth-order valence-corrected chi connectivity index (χ4v) is 1.95. The van der Waals surface area contributed by atoms with Crippen LogP contribution in [0.1, 0.15) is 19.3 Å². The second-order valence-electron chi connectivity index (χ2n) is 5.87. The number of ether oxygens (including phenoxy) is 6. The van der Waals surface area contributed by atoms with Gasteiger partial charge in [-0.05, 0) is 13.0 Å². The summed E-state index contributed by atoms with van der Waals surface area (Å²) in [7, 11) is 0. The van der Waals surface area contributed by atoms with E-state index >= 15 is 0 Å².